The Balaban J connectivity index is 2.30. The van der Waals surface area contributed by atoms with Gasteiger partial charge in [-0.3, -0.25) is 9.59 Å². The number of aliphatic carboxylic acids is 1. The van der Waals surface area contributed by atoms with E-state index >= 15 is 0 Å². The van der Waals surface area contributed by atoms with Crippen LogP contribution in [0.4, 0.5) is 5.69 Å². The molecule has 0 aromatic heterocycles. The minimum Gasteiger partial charge on any atom is -0.482 e. The first kappa shape index (κ1) is 15.3. The number of hydrogen-bond donors (Lipinski definition) is 3. The van der Waals surface area contributed by atoms with E-state index < -0.39 is 22.0 Å². The molecule has 1 heterocycles. The molecular formula is C12H14N2O6S. The lowest BCUT2D eigenvalue weighted by Gasteiger charge is -2.19. The summed E-state index contributed by atoms with van der Waals surface area (Å²) in [6, 6.07) is 2.71. The van der Waals surface area contributed by atoms with Gasteiger partial charge in [-0.25, -0.2) is 8.42 Å². The molecule has 1 aliphatic heterocycles. The number of amides is 1. The lowest BCUT2D eigenvalue weighted by Crippen LogP contribution is -2.40. The summed E-state index contributed by atoms with van der Waals surface area (Å²) in [4.78, 5) is 22.0. The van der Waals surface area contributed by atoms with Crippen LogP contribution in [0.15, 0.2) is 23.1 Å². The predicted molar refractivity (Wildman–Crippen MR) is 72.6 cm³/mol. The van der Waals surface area contributed by atoms with Gasteiger partial charge < -0.3 is 15.2 Å². The van der Waals surface area contributed by atoms with Gasteiger partial charge in [0.15, 0.2) is 6.61 Å². The molecule has 0 radical (unpaired) electrons. The molecule has 0 fully saturated rings. The van der Waals surface area contributed by atoms with Crippen molar-refractivity contribution in [1.29, 1.82) is 0 Å². The Morgan fingerprint density at radius 1 is 1.52 bits per heavy atom. The van der Waals surface area contributed by atoms with Crippen LogP contribution in [0.2, 0.25) is 0 Å². The zero-order valence-corrected chi connectivity index (χ0v) is 11.9. The molecule has 1 unspecified atom stereocenters. The second-order valence-electron chi connectivity index (χ2n) is 4.42. The number of fused-ring (bicyclic) bond motifs is 1. The maximum Gasteiger partial charge on any atom is 0.321 e. The normalized spacial score (nSPS) is 15.6. The number of anilines is 1. The Bertz CT molecular complexity index is 685. The van der Waals surface area contributed by atoms with Gasteiger partial charge in [-0.15, -0.1) is 0 Å². The Morgan fingerprint density at radius 2 is 2.24 bits per heavy atom. The summed E-state index contributed by atoms with van der Waals surface area (Å²) in [7, 11) is -4.01. The van der Waals surface area contributed by atoms with Crippen LogP contribution in [0.25, 0.3) is 0 Å². The Hall–Kier alpha value is -2.13. The first-order chi connectivity index (χ1) is 9.83. The largest absolute Gasteiger partial charge is 0.482 e. The molecular weight excluding hydrogens is 300 g/mol. The Kier molecular flexibility index (Phi) is 4.14. The number of carboxylic acid groups (broad SMARTS) is 1. The van der Waals surface area contributed by atoms with Gasteiger partial charge in [-0.1, -0.05) is 6.92 Å². The Labute approximate surface area is 121 Å². The molecule has 1 aliphatic rings. The van der Waals surface area contributed by atoms with E-state index in [1.807, 2.05) is 0 Å². The zero-order valence-electron chi connectivity index (χ0n) is 11.1. The van der Waals surface area contributed by atoms with Gasteiger partial charge in [0.25, 0.3) is 5.91 Å². The number of hydrogen-bond acceptors (Lipinski definition) is 5. The van der Waals surface area contributed by atoms with Crippen LogP contribution in [-0.2, 0) is 19.6 Å². The summed E-state index contributed by atoms with van der Waals surface area (Å²) >= 11 is 0. The second kappa shape index (κ2) is 5.70. The lowest BCUT2D eigenvalue weighted by molar-refractivity contribution is -0.139. The fourth-order valence-corrected chi connectivity index (χ4v) is 3.09. The molecule has 1 aromatic rings. The molecule has 1 amide bonds. The van der Waals surface area contributed by atoms with E-state index in [1.165, 1.54) is 18.2 Å². The average molecular weight is 314 g/mol. The van der Waals surface area contributed by atoms with Gasteiger partial charge in [0.2, 0.25) is 10.0 Å². The fraction of sp³-hybridized carbons (Fsp3) is 0.333. The van der Waals surface area contributed by atoms with Gasteiger partial charge >= 0.3 is 5.97 Å². The van der Waals surface area contributed by atoms with E-state index in [0.29, 0.717) is 5.75 Å². The van der Waals surface area contributed by atoms with Crippen molar-refractivity contribution in [2.75, 3.05) is 11.9 Å². The van der Waals surface area contributed by atoms with Gasteiger partial charge in [0, 0.05) is 0 Å². The maximum absolute atomic E-state index is 12.1. The maximum atomic E-state index is 12.1. The summed E-state index contributed by atoms with van der Waals surface area (Å²) in [5, 5.41) is 11.4. The van der Waals surface area contributed by atoms with Crippen molar-refractivity contribution in [3.8, 4) is 5.75 Å². The van der Waals surface area contributed by atoms with E-state index in [-0.39, 0.29) is 29.5 Å². The molecule has 0 saturated heterocycles. The van der Waals surface area contributed by atoms with Crippen LogP contribution < -0.4 is 14.8 Å². The number of nitrogens with one attached hydrogen (secondary N) is 2. The number of sulfonamides is 1. The number of carboxylic acids is 1. The van der Waals surface area contributed by atoms with Crippen molar-refractivity contribution in [2.45, 2.75) is 24.3 Å². The summed E-state index contributed by atoms with van der Waals surface area (Å²) in [5.74, 6) is -1.28. The minimum absolute atomic E-state index is 0.110. The van der Waals surface area contributed by atoms with Crippen molar-refractivity contribution in [3.63, 3.8) is 0 Å². The van der Waals surface area contributed by atoms with Gasteiger partial charge in [0.05, 0.1) is 10.6 Å². The monoisotopic (exact) mass is 314 g/mol. The molecule has 0 saturated carbocycles. The number of carbonyl (C=O) groups is 2. The van der Waals surface area contributed by atoms with Crippen LogP contribution >= 0.6 is 0 Å². The van der Waals surface area contributed by atoms with E-state index in [1.54, 1.807) is 6.92 Å². The molecule has 0 bridgehead atoms. The van der Waals surface area contributed by atoms with Crippen LogP contribution in [0.5, 0.6) is 5.75 Å². The molecule has 8 nitrogen and oxygen atoms in total. The Morgan fingerprint density at radius 3 is 2.86 bits per heavy atom. The third-order valence-electron chi connectivity index (χ3n) is 2.90. The highest BCUT2D eigenvalue weighted by molar-refractivity contribution is 7.89. The molecule has 0 aliphatic carbocycles. The van der Waals surface area contributed by atoms with Gasteiger partial charge in [0.1, 0.15) is 11.8 Å². The highest BCUT2D eigenvalue weighted by Crippen LogP contribution is 2.30. The van der Waals surface area contributed by atoms with Gasteiger partial charge in [-0.2, -0.15) is 4.72 Å². The third kappa shape index (κ3) is 3.31. The van der Waals surface area contributed by atoms with Crippen LogP contribution in [0.1, 0.15) is 13.3 Å². The van der Waals surface area contributed by atoms with E-state index in [4.69, 9.17) is 9.84 Å². The first-order valence-corrected chi connectivity index (χ1v) is 7.63. The predicted octanol–water partition coefficient (Wildman–Crippen LogP) is 0.159. The van der Waals surface area contributed by atoms with Crippen molar-refractivity contribution >= 4 is 27.6 Å². The average Bonchev–Trinajstić information content (AvgIpc) is 2.43. The lowest BCUT2D eigenvalue weighted by atomic mass is 10.2. The SMILES string of the molecule is CCC(NS(=O)(=O)c1ccc2c(c1)NC(=O)CO2)C(=O)O. The number of rotatable bonds is 5. The van der Waals surface area contributed by atoms with E-state index in [9.17, 15) is 18.0 Å². The third-order valence-corrected chi connectivity index (χ3v) is 4.37. The molecule has 1 aromatic carbocycles. The first-order valence-electron chi connectivity index (χ1n) is 6.15. The molecule has 21 heavy (non-hydrogen) atoms. The summed E-state index contributed by atoms with van der Waals surface area (Å²) in [5.41, 5.74) is 0.234. The number of ether oxygens (including phenoxy) is 1. The molecule has 9 heteroatoms. The molecule has 1 atom stereocenters. The highest BCUT2D eigenvalue weighted by Gasteiger charge is 2.25. The van der Waals surface area contributed by atoms with Crippen molar-refractivity contribution < 1.29 is 27.9 Å². The van der Waals surface area contributed by atoms with E-state index in [2.05, 4.69) is 10.0 Å². The van der Waals surface area contributed by atoms with Crippen LogP contribution in [0.3, 0.4) is 0 Å². The van der Waals surface area contributed by atoms with E-state index in [0.717, 1.165) is 0 Å². The van der Waals surface area contributed by atoms with Crippen LogP contribution in [0, 0.1) is 0 Å². The van der Waals surface area contributed by atoms with Crippen LogP contribution in [-0.4, -0.2) is 38.0 Å². The summed E-state index contributed by atoms with van der Waals surface area (Å²) in [6.45, 7) is 1.43. The summed E-state index contributed by atoms with van der Waals surface area (Å²) < 4.78 is 31.5. The molecule has 114 valence electrons. The smallest absolute Gasteiger partial charge is 0.321 e. The number of benzene rings is 1. The molecule has 0 spiro atoms. The van der Waals surface area contributed by atoms with Crippen molar-refractivity contribution in [1.82, 2.24) is 4.72 Å². The van der Waals surface area contributed by atoms with Crippen molar-refractivity contribution in [2.24, 2.45) is 0 Å². The fourth-order valence-electron chi connectivity index (χ4n) is 1.79. The second-order valence-corrected chi connectivity index (χ2v) is 6.13. The standard InChI is InChI=1S/C12H14N2O6S/c1-2-8(12(16)17)14-21(18,19)7-3-4-10-9(5-7)13-11(15)6-20-10/h3-5,8,14H,2,6H2,1H3,(H,13,15)(H,16,17). The molecule has 2 rings (SSSR count). The van der Waals surface area contributed by atoms with Crippen molar-refractivity contribution in [3.05, 3.63) is 18.2 Å². The quantitative estimate of drug-likeness (QED) is 0.711. The molecule has 3 N–H and O–H groups in total. The highest BCUT2D eigenvalue weighted by atomic mass is 32.2. The summed E-state index contributed by atoms with van der Waals surface area (Å²) in [6.07, 6.45) is 0.110. The topological polar surface area (TPSA) is 122 Å². The minimum atomic E-state index is -4.01. The number of carbonyl (C=O) groups excluding carboxylic acids is 1. The zero-order chi connectivity index (χ0) is 15.6. The van der Waals surface area contributed by atoms with Gasteiger partial charge in [-0.05, 0) is 24.6 Å².